The molecule has 0 amide bonds. The Bertz CT molecular complexity index is 623. The van der Waals surface area contributed by atoms with E-state index in [1.54, 1.807) is 6.92 Å². The number of carbonyl (C=O) groups excluding carboxylic acids is 1. The summed E-state index contributed by atoms with van der Waals surface area (Å²) in [5.74, 6) is 0.686. The van der Waals surface area contributed by atoms with E-state index in [1.165, 1.54) is 10.5 Å². The monoisotopic (exact) mass is 297 g/mol. The lowest BCUT2D eigenvalue weighted by Crippen LogP contribution is -2.41. The first-order chi connectivity index (χ1) is 9.50. The van der Waals surface area contributed by atoms with Crippen molar-refractivity contribution in [2.24, 2.45) is 5.92 Å². The van der Waals surface area contributed by atoms with Crippen molar-refractivity contribution < 1.29 is 13.2 Å². The van der Waals surface area contributed by atoms with Gasteiger partial charge in [0.15, 0.2) is 5.03 Å². The third-order valence-corrected chi connectivity index (χ3v) is 6.16. The van der Waals surface area contributed by atoms with Crippen LogP contribution >= 0.6 is 0 Å². The van der Waals surface area contributed by atoms with Crippen LogP contribution in [0.2, 0.25) is 0 Å². The first-order valence-corrected chi connectivity index (χ1v) is 8.50. The zero-order chi connectivity index (χ0) is 14.3. The Balaban J connectivity index is 1.90. The van der Waals surface area contributed by atoms with Crippen molar-refractivity contribution in [3.05, 3.63) is 12.0 Å². The Labute approximate surface area is 118 Å². The fourth-order valence-electron chi connectivity index (χ4n) is 3.37. The molecule has 1 aromatic heterocycles. The predicted octanol–water partition coefficient (Wildman–Crippen LogP) is 1.24. The molecule has 1 aliphatic heterocycles. The number of ketones is 1. The van der Waals surface area contributed by atoms with E-state index < -0.39 is 10.0 Å². The van der Waals surface area contributed by atoms with Crippen molar-refractivity contribution in [3.63, 3.8) is 0 Å². The number of hydrogen-bond acceptors (Lipinski definition) is 4. The average Bonchev–Trinajstić information content (AvgIpc) is 3.07. The summed E-state index contributed by atoms with van der Waals surface area (Å²) >= 11 is 0. The second kappa shape index (κ2) is 4.96. The molecular formula is C13H19N3O3S. The number of rotatable bonds is 3. The Morgan fingerprint density at radius 2 is 2.15 bits per heavy atom. The standard InChI is InChI=1S/C13H19N3O3S/c1-9-14-8-13(15-9)20(18,19)16-7-3-5-11(16)10-4-2-6-12(10)17/h8,10-11H,2-7H2,1H3,(H,14,15). The molecule has 1 N–H and O–H groups in total. The first kappa shape index (κ1) is 13.8. The van der Waals surface area contributed by atoms with Crippen molar-refractivity contribution in [1.29, 1.82) is 0 Å². The van der Waals surface area contributed by atoms with E-state index in [0.717, 1.165) is 25.7 Å². The van der Waals surface area contributed by atoms with Crippen LogP contribution in [-0.2, 0) is 14.8 Å². The summed E-state index contributed by atoms with van der Waals surface area (Å²) in [6, 6.07) is -0.168. The maximum Gasteiger partial charge on any atom is 0.260 e. The second-order valence-corrected chi connectivity index (χ2v) is 7.48. The molecule has 2 heterocycles. The number of sulfonamides is 1. The van der Waals surface area contributed by atoms with Gasteiger partial charge in [-0.05, 0) is 32.6 Å². The molecule has 110 valence electrons. The number of aromatic nitrogens is 2. The molecule has 2 aliphatic rings. The van der Waals surface area contributed by atoms with Gasteiger partial charge >= 0.3 is 0 Å². The molecule has 1 aliphatic carbocycles. The van der Waals surface area contributed by atoms with Gasteiger partial charge in [0, 0.05) is 24.9 Å². The smallest absolute Gasteiger partial charge is 0.260 e. The van der Waals surface area contributed by atoms with Gasteiger partial charge in [0.2, 0.25) is 0 Å². The number of carbonyl (C=O) groups is 1. The van der Waals surface area contributed by atoms with Crippen LogP contribution < -0.4 is 0 Å². The van der Waals surface area contributed by atoms with Crippen molar-refractivity contribution in [2.45, 2.75) is 50.1 Å². The molecule has 20 heavy (non-hydrogen) atoms. The number of nitrogens with zero attached hydrogens (tertiary/aromatic N) is 2. The second-order valence-electron chi connectivity index (χ2n) is 5.62. The minimum absolute atomic E-state index is 0.115. The molecule has 0 spiro atoms. The molecule has 2 fully saturated rings. The Hall–Kier alpha value is -1.21. The maximum atomic E-state index is 12.7. The SMILES string of the molecule is Cc1ncc(S(=O)(=O)N2CCCC2C2CCCC2=O)[nH]1. The van der Waals surface area contributed by atoms with Crippen molar-refractivity contribution >= 4 is 15.8 Å². The number of imidazole rings is 1. The molecular weight excluding hydrogens is 278 g/mol. The van der Waals surface area contributed by atoms with Gasteiger partial charge in [-0.3, -0.25) is 4.79 Å². The van der Waals surface area contributed by atoms with Gasteiger partial charge in [-0.15, -0.1) is 0 Å². The molecule has 3 rings (SSSR count). The van der Waals surface area contributed by atoms with Crippen LogP contribution in [0.4, 0.5) is 0 Å². The normalized spacial score (nSPS) is 28.4. The Kier molecular flexibility index (Phi) is 3.41. The predicted molar refractivity (Wildman–Crippen MR) is 72.6 cm³/mol. The van der Waals surface area contributed by atoms with Crippen molar-refractivity contribution in [1.82, 2.24) is 14.3 Å². The van der Waals surface area contributed by atoms with Crippen LogP contribution in [0, 0.1) is 12.8 Å². The summed E-state index contributed by atoms with van der Waals surface area (Å²) in [7, 11) is -3.56. The molecule has 0 aromatic carbocycles. The van der Waals surface area contributed by atoms with Crippen molar-refractivity contribution in [3.8, 4) is 0 Å². The molecule has 7 heteroatoms. The van der Waals surface area contributed by atoms with E-state index in [1.807, 2.05) is 0 Å². The number of nitrogens with one attached hydrogen (secondary N) is 1. The Morgan fingerprint density at radius 3 is 2.75 bits per heavy atom. The molecule has 0 radical (unpaired) electrons. The maximum absolute atomic E-state index is 12.7. The fourth-order valence-corrected chi connectivity index (χ4v) is 5.07. The molecule has 2 unspecified atom stereocenters. The van der Waals surface area contributed by atoms with Gasteiger partial charge < -0.3 is 4.98 Å². The molecule has 2 atom stereocenters. The van der Waals surface area contributed by atoms with Gasteiger partial charge in [0.25, 0.3) is 10.0 Å². The van der Waals surface area contributed by atoms with Crippen molar-refractivity contribution in [2.75, 3.05) is 6.54 Å². The van der Waals surface area contributed by atoms with E-state index >= 15 is 0 Å². The first-order valence-electron chi connectivity index (χ1n) is 7.06. The van der Waals surface area contributed by atoms with Crippen LogP contribution in [0.25, 0.3) is 0 Å². The largest absolute Gasteiger partial charge is 0.332 e. The zero-order valence-corrected chi connectivity index (χ0v) is 12.3. The number of aryl methyl sites for hydroxylation is 1. The molecule has 0 bridgehead atoms. The van der Waals surface area contributed by atoms with Crippen LogP contribution in [0.5, 0.6) is 0 Å². The highest BCUT2D eigenvalue weighted by Crippen LogP contribution is 2.36. The highest BCUT2D eigenvalue weighted by Gasteiger charge is 2.43. The summed E-state index contributed by atoms with van der Waals surface area (Å²) in [5, 5.41) is 0.132. The van der Waals surface area contributed by atoms with Gasteiger partial charge in [-0.1, -0.05) is 0 Å². The molecule has 1 aromatic rings. The number of Topliss-reactive ketones (excluding diaryl/α,β-unsaturated/α-hetero) is 1. The third kappa shape index (κ3) is 2.18. The lowest BCUT2D eigenvalue weighted by atomic mass is 9.96. The molecule has 1 saturated heterocycles. The lowest BCUT2D eigenvalue weighted by molar-refractivity contribution is -0.121. The van der Waals surface area contributed by atoms with Crippen LogP contribution in [-0.4, -0.2) is 41.1 Å². The topological polar surface area (TPSA) is 83.1 Å². The Morgan fingerprint density at radius 1 is 1.35 bits per heavy atom. The summed E-state index contributed by atoms with van der Waals surface area (Å²) in [6.45, 7) is 2.22. The zero-order valence-electron chi connectivity index (χ0n) is 11.5. The quantitative estimate of drug-likeness (QED) is 0.910. The van der Waals surface area contributed by atoms with E-state index in [4.69, 9.17) is 0 Å². The van der Waals surface area contributed by atoms with E-state index in [-0.39, 0.29) is 22.8 Å². The minimum Gasteiger partial charge on any atom is -0.332 e. The molecule has 1 saturated carbocycles. The van der Waals surface area contributed by atoms with Gasteiger partial charge in [0.1, 0.15) is 11.6 Å². The van der Waals surface area contributed by atoms with E-state index in [0.29, 0.717) is 18.8 Å². The number of aromatic amines is 1. The van der Waals surface area contributed by atoms with Gasteiger partial charge in [0.05, 0.1) is 6.20 Å². The summed E-state index contributed by atoms with van der Waals surface area (Å²) in [5.41, 5.74) is 0. The van der Waals surface area contributed by atoms with Crippen LogP contribution in [0.1, 0.15) is 37.9 Å². The number of H-pyrrole nitrogens is 1. The molecule has 6 nitrogen and oxygen atoms in total. The third-order valence-electron chi connectivity index (χ3n) is 4.33. The van der Waals surface area contributed by atoms with Gasteiger partial charge in [-0.2, -0.15) is 4.31 Å². The summed E-state index contributed by atoms with van der Waals surface area (Å²) < 4.78 is 26.8. The minimum atomic E-state index is -3.56. The average molecular weight is 297 g/mol. The van der Waals surface area contributed by atoms with Crippen LogP contribution in [0.3, 0.4) is 0 Å². The number of hydrogen-bond donors (Lipinski definition) is 1. The summed E-state index contributed by atoms with van der Waals surface area (Å²) in [4.78, 5) is 18.7. The summed E-state index contributed by atoms with van der Waals surface area (Å²) in [6.07, 6.45) is 5.26. The highest BCUT2D eigenvalue weighted by atomic mass is 32.2. The van der Waals surface area contributed by atoms with Gasteiger partial charge in [-0.25, -0.2) is 13.4 Å². The fraction of sp³-hybridized carbons (Fsp3) is 0.692. The van der Waals surface area contributed by atoms with E-state index in [9.17, 15) is 13.2 Å². The lowest BCUT2D eigenvalue weighted by Gasteiger charge is -2.27. The highest BCUT2D eigenvalue weighted by molar-refractivity contribution is 7.89. The van der Waals surface area contributed by atoms with Crippen LogP contribution in [0.15, 0.2) is 11.2 Å². The van der Waals surface area contributed by atoms with E-state index in [2.05, 4.69) is 9.97 Å².